The molecule has 0 aromatic carbocycles. The Morgan fingerprint density at radius 2 is 1.82 bits per heavy atom. The lowest BCUT2D eigenvalue weighted by Gasteiger charge is -2.30. The normalized spacial score (nSPS) is 36.9. The molecule has 2 amide bonds. The topological polar surface area (TPSA) is 49.4 Å². The summed E-state index contributed by atoms with van der Waals surface area (Å²) in [5.41, 5.74) is 0. The summed E-state index contributed by atoms with van der Waals surface area (Å²) >= 11 is 0. The Hall–Kier alpha value is -0.900. The van der Waals surface area contributed by atoms with Gasteiger partial charge in [-0.15, -0.1) is 0 Å². The second-order valence-electron chi connectivity index (χ2n) is 5.68. The predicted molar refractivity (Wildman–Crippen MR) is 63.1 cm³/mol. The Labute approximate surface area is 102 Å². The van der Waals surface area contributed by atoms with Crippen molar-refractivity contribution in [2.75, 3.05) is 19.6 Å². The molecule has 3 aliphatic rings. The second kappa shape index (κ2) is 4.41. The van der Waals surface area contributed by atoms with Crippen molar-refractivity contribution < 1.29 is 9.59 Å². The first-order chi connectivity index (χ1) is 8.25. The summed E-state index contributed by atoms with van der Waals surface area (Å²) in [5.74, 6) is 1.17. The van der Waals surface area contributed by atoms with Gasteiger partial charge >= 0.3 is 0 Å². The second-order valence-corrected chi connectivity index (χ2v) is 5.68. The van der Waals surface area contributed by atoms with Gasteiger partial charge in [-0.2, -0.15) is 0 Å². The van der Waals surface area contributed by atoms with E-state index in [0.717, 1.165) is 38.8 Å². The number of likely N-dealkylation sites (tertiary alicyclic amines) is 1. The van der Waals surface area contributed by atoms with Crippen LogP contribution in [-0.2, 0) is 9.59 Å². The van der Waals surface area contributed by atoms with Crippen LogP contribution in [0.15, 0.2) is 0 Å². The molecule has 17 heavy (non-hydrogen) atoms. The van der Waals surface area contributed by atoms with Crippen molar-refractivity contribution in [1.29, 1.82) is 0 Å². The first-order valence-corrected chi connectivity index (χ1v) is 6.81. The number of fused-ring (bicyclic) bond motifs is 2. The molecule has 4 nitrogen and oxygen atoms in total. The van der Waals surface area contributed by atoms with Crippen LogP contribution in [0, 0.1) is 17.8 Å². The Bertz CT molecular complexity index is 314. The molecule has 2 saturated heterocycles. The van der Waals surface area contributed by atoms with Crippen LogP contribution in [0.2, 0.25) is 0 Å². The van der Waals surface area contributed by atoms with Crippen LogP contribution >= 0.6 is 0 Å². The Morgan fingerprint density at radius 3 is 2.41 bits per heavy atom. The Kier molecular flexibility index (Phi) is 2.90. The van der Waals surface area contributed by atoms with Crippen LogP contribution in [-0.4, -0.2) is 36.3 Å². The fraction of sp³-hybridized carbons (Fsp3) is 0.846. The number of rotatable bonds is 3. The summed E-state index contributed by atoms with van der Waals surface area (Å²) in [6, 6.07) is 0. The van der Waals surface area contributed by atoms with Gasteiger partial charge in [0.2, 0.25) is 11.8 Å². The monoisotopic (exact) mass is 236 g/mol. The van der Waals surface area contributed by atoms with Gasteiger partial charge in [0, 0.05) is 18.4 Å². The minimum absolute atomic E-state index is 0.106. The Balaban J connectivity index is 1.61. The number of carbonyl (C=O) groups excluding carboxylic acids is 2. The average Bonchev–Trinajstić information content (AvgIpc) is 2.97. The summed E-state index contributed by atoms with van der Waals surface area (Å²) in [4.78, 5) is 25.7. The maximum absolute atomic E-state index is 12.1. The molecular formula is C13H20N2O2. The number of hydrogen-bond donors (Lipinski definition) is 1. The SMILES string of the molecule is O=C1C2CCC(C2)C(=O)N1CCC1CCNC1. The first kappa shape index (κ1) is 11.2. The van der Waals surface area contributed by atoms with Crippen molar-refractivity contribution in [2.45, 2.75) is 32.1 Å². The lowest BCUT2D eigenvalue weighted by atomic mass is 9.96. The minimum atomic E-state index is 0.106. The van der Waals surface area contributed by atoms with Crippen LogP contribution in [0.5, 0.6) is 0 Å². The summed E-state index contributed by atoms with van der Waals surface area (Å²) in [6.45, 7) is 2.78. The molecule has 94 valence electrons. The van der Waals surface area contributed by atoms with Gasteiger partial charge in [0.05, 0.1) is 0 Å². The number of carbonyl (C=O) groups is 2. The molecule has 4 heteroatoms. The molecule has 1 aliphatic carbocycles. The summed E-state index contributed by atoms with van der Waals surface area (Å²) in [5, 5.41) is 3.32. The number of nitrogens with zero attached hydrogens (tertiary/aromatic N) is 1. The van der Waals surface area contributed by atoms with Gasteiger partial charge in [-0.1, -0.05) is 0 Å². The molecule has 0 spiro atoms. The summed E-state index contributed by atoms with van der Waals surface area (Å²) in [7, 11) is 0. The van der Waals surface area contributed by atoms with Crippen molar-refractivity contribution in [3.05, 3.63) is 0 Å². The molecule has 0 aromatic rings. The number of nitrogens with one attached hydrogen (secondary N) is 1. The molecule has 3 fully saturated rings. The quantitative estimate of drug-likeness (QED) is 0.736. The van der Waals surface area contributed by atoms with E-state index in [0.29, 0.717) is 12.5 Å². The fourth-order valence-electron chi connectivity index (χ4n) is 3.47. The third-order valence-electron chi connectivity index (χ3n) is 4.59. The van der Waals surface area contributed by atoms with E-state index in [2.05, 4.69) is 5.32 Å². The lowest BCUT2D eigenvalue weighted by molar-refractivity contribution is -0.152. The minimum Gasteiger partial charge on any atom is -0.316 e. The number of imide groups is 1. The fourth-order valence-corrected chi connectivity index (χ4v) is 3.47. The van der Waals surface area contributed by atoms with E-state index < -0.39 is 0 Å². The number of amides is 2. The van der Waals surface area contributed by atoms with E-state index in [1.807, 2.05) is 0 Å². The predicted octanol–water partition coefficient (Wildman–Crippen LogP) is 0.771. The van der Waals surface area contributed by atoms with Crippen LogP contribution in [0.4, 0.5) is 0 Å². The van der Waals surface area contributed by atoms with Crippen molar-refractivity contribution in [1.82, 2.24) is 10.2 Å². The van der Waals surface area contributed by atoms with Crippen LogP contribution in [0.1, 0.15) is 32.1 Å². The number of hydrogen-bond acceptors (Lipinski definition) is 3. The third-order valence-corrected chi connectivity index (χ3v) is 4.59. The van der Waals surface area contributed by atoms with Gasteiger partial charge in [-0.05, 0) is 51.1 Å². The van der Waals surface area contributed by atoms with E-state index in [4.69, 9.17) is 0 Å². The standard InChI is InChI=1S/C13H20N2O2/c16-12-10-1-2-11(7-10)13(17)15(12)6-4-9-3-5-14-8-9/h9-11,14H,1-8H2. The molecule has 1 saturated carbocycles. The first-order valence-electron chi connectivity index (χ1n) is 6.81. The van der Waals surface area contributed by atoms with Crippen LogP contribution in [0.3, 0.4) is 0 Å². The molecule has 2 bridgehead atoms. The summed E-state index contributed by atoms with van der Waals surface area (Å²) in [6.07, 6.45) is 4.83. The maximum atomic E-state index is 12.1. The average molecular weight is 236 g/mol. The third kappa shape index (κ3) is 1.99. The van der Waals surface area contributed by atoms with E-state index in [1.54, 1.807) is 4.90 Å². The van der Waals surface area contributed by atoms with E-state index >= 15 is 0 Å². The van der Waals surface area contributed by atoms with Gasteiger partial charge < -0.3 is 5.32 Å². The van der Waals surface area contributed by atoms with E-state index in [1.165, 1.54) is 6.42 Å². The molecule has 0 radical (unpaired) electrons. The van der Waals surface area contributed by atoms with Crippen molar-refractivity contribution >= 4 is 11.8 Å². The highest BCUT2D eigenvalue weighted by molar-refractivity contribution is 6.00. The zero-order chi connectivity index (χ0) is 11.8. The highest BCUT2D eigenvalue weighted by Gasteiger charge is 2.44. The zero-order valence-corrected chi connectivity index (χ0v) is 10.2. The molecule has 3 unspecified atom stereocenters. The number of piperidine rings is 1. The van der Waals surface area contributed by atoms with Gasteiger partial charge in [0.15, 0.2) is 0 Å². The largest absolute Gasteiger partial charge is 0.316 e. The molecular weight excluding hydrogens is 216 g/mol. The highest BCUT2D eigenvalue weighted by atomic mass is 16.2. The highest BCUT2D eigenvalue weighted by Crippen LogP contribution is 2.38. The van der Waals surface area contributed by atoms with Gasteiger partial charge in [-0.3, -0.25) is 14.5 Å². The molecule has 3 atom stereocenters. The summed E-state index contributed by atoms with van der Waals surface area (Å²) < 4.78 is 0. The van der Waals surface area contributed by atoms with Crippen molar-refractivity contribution in [3.63, 3.8) is 0 Å². The molecule has 1 N–H and O–H groups in total. The lowest BCUT2D eigenvalue weighted by Crippen LogP contribution is -2.47. The van der Waals surface area contributed by atoms with Gasteiger partial charge in [0.1, 0.15) is 0 Å². The Morgan fingerprint density at radius 1 is 1.12 bits per heavy atom. The van der Waals surface area contributed by atoms with E-state index in [9.17, 15) is 9.59 Å². The van der Waals surface area contributed by atoms with Crippen molar-refractivity contribution in [2.24, 2.45) is 17.8 Å². The molecule has 2 heterocycles. The van der Waals surface area contributed by atoms with Crippen molar-refractivity contribution in [3.8, 4) is 0 Å². The smallest absolute Gasteiger partial charge is 0.232 e. The van der Waals surface area contributed by atoms with Gasteiger partial charge in [0.25, 0.3) is 0 Å². The van der Waals surface area contributed by atoms with Crippen LogP contribution in [0.25, 0.3) is 0 Å². The molecule has 2 aliphatic heterocycles. The zero-order valence-electron chi connectivity index (χ0n) is 10.2. The molecule has 3 rings (SSSR count). The van der Waals surface area contributed by atoms with E-state index in [-0.39, 0.29) is 23.7 Å². The van der Waals surface area contributed by atoms with Crippen LogP contribution < -0.4 is 5.32 Å². The molecule has 0 aromatic heterocycles. The van der Waals surface area contributed by atoms with Gasteiger partial charge in [-0.25, -0.2) is 0 Å². The maximum Gasteiger partial charge on any atom is 0.232 e.